The maximum absolute atomic E-state index is 6.29. The van der Waals surface area contributed by atoms with E-state index in [-0.39, 0.29) is 12.4 Å². The van der Waals surface area contributed by atoms with E-state index < -0.39 is 0 Å². The smallest absolute Gasteiger partial charge is 0.0639 e. The predicted molar refractivity (Wildman–Crippen MR) is 92.9 cm³/mol. The Kier molecular flexibility index (Phi) is 6.62. The third-order valence-electron chi connectivity index (χ3n) is 4.54. The van der Waals surface area contributed by atoms with Crippen LogP contribution in [0.5, 0.6) is 0 Å². The topological polar surface area (TPSA) is 18.5 Å². The summed E-state index contributed by atoms with van der Waals surface area (Å²) in [6.45, 7) is 8.18. The zero-order valence-electron chi connectivity index (χ0n) is 12.4. The predicted octanol–water partition coefficient (Wildman–Crippen LogP) is 2.88. The molecule has 0 unspecified atom stereocenters. The van der Waals surface area contributed by atoms with Gasteiger partial charge in [-0.3, -0.25) is 4.90 Å². The highest BCUT2D eigenvalue weighted by atomic mass is 35.5. The average Bonchev–Trinajstić information content (AvgIpc) is 2.50. The lowest BCUT2D eigenvalue weighted by Gasteiger charge is -2.38. The second-order valence-electron chi connectivity index (χ2n) is 5.93. The fraction of sp³-hybridized carbons (Fsp3) is 0.625. The van der Waals surface area contributed by atoms with Crippen LogP contribution in [0.25, 0.3) is 0 Å². The summed E-state index contributed by atoms with van der Waals surface area (Å²) in [5.41, 5.74) is 1.19. The maximum Gasteiger partial charge on any atom is 0.0639 e. The fourth-order valence-electron chi connectivity index (χ4n) is 3.31. The van der Waals surface area contributed by atoms with E-state index in [4.69, 9.17) is 11.6 Å². The van der Waals surface area contributed by atoms with Crippen LogP contribution in [-0.4, -0.2) is 50.7 Å². The molecular formula is C16H25Cl2N3. The van der Waals surface area contributed by atoms with Crippen molar-refractivity contribution in [3.05, 3.63) is 29.3 Å². The van der Waals surface area contributed by atoms with Crippen LogP contribution in [0.15, 0.2) is 24.3 Å². The van der Waals surface area contributed by atoms with Crippen LogP contribution in [0.4, 0.5) is 5.69 Å². The number of piperazine rings is 1. The molecule has 21 heavy (non-hydrogen) atoms. The molecule has 0 amide bonds. The number of piperidine rings is 1. The average molecular weight is 330 g/mol. The molecule has 2 heterocycles. The minimum absolute atomic E-state index is 0. The Morgan fingerprint density at radius 2 is 1.71 bits per heavy atom. The van der Waals surface area contributed by atoms with Crippen LogP contribution in [0.3, 0.4) is 0 Å². The Bertz CT molecular complexity index is 427. The van der Waals surface area contributed by atoms with Gasteiger partial charge in [0.1, 0.15) is 0 Å². The van der Waals surface area contributed by atoms with Crippen LogP contribution >= 0.6 is 24.0 Å². The van der Waals surface area contributed by atoms with Crippen molar-refractivity contribution in [1.82, 2.24) is 10.2 Å². The summed E-state index contributed by atoms with van der Waals surface area (Å²) in [7, 11) is 0. The maximum atomic E-state index is 6.29. The number of benzene rings is 1. The summed E-state index contributed by atoms with van der Waals surface area (Å²) in [5.74, 6) is 0.892. The molecule has 2 aliphatic heterocycles. The zero-order chi connectivity index (χ0) is 13.8. The summed E-state index contributed by atoms with van der Waals surface area (Å²) in [6, 6.07) is 8.19. The SMILES string of the molecule is Cl.Clc1ccccc1N1CCN(CC2CCNCC2)CC1. The van der Waals surface area contributed by atoms with Crippen molar-refractivity contribution in [3.8, 4) is 0 Å². The highest BCUT2D eigenvalue weighted by Gasteiger charge is 2.22. The minimum atomic E-state index is 0. The van der Waals surface area contributed by atoms with Crippen LogP contribution in [0.2, 0.25) is 5.02 Å². The third-order valence-corrected chi connectivity index (χ3v) is 4.86. The Labute approximate surface area is 139 Å². The van der Waals surface area contributed by atoms with Gasteiger partial charge < -0.3 is 10.2 Å². The first-order valence-electron chi connectivity index (χ1n) is 7.75. The lowest BCUT2D eigenvalue weighted by atomic mass is 9.97. The summed E-state index contributed by atoms with van der Waals surface area (Å²) >= 11 is 6.29. The first-order valence-corrected chi connectivity index (χ1v) is 8.13. The number of para-hydroxylation sites is 1. The van der Waals surface area contributed by atoms with Gasteiger partial charge in [0.2, 0.25) is 0 Å². The summed E-state index contributed by atoms with van der Waals surface area (Å²) in [4.78, 5) is 5.05. The standard InChI is InChI=1S/C16H24ClN3.ClH/c17-15-3-1-2-4-16(15)20-11-9-19(10-12-20)13-14-5-7-18-8-6-14;/h1-4,14,18H,5-13H2;1H. The largest absolute Gasteiger partial charge is 0.368 e. The second-order valence-corrected chi connectivity index (χ2v) is 6.34. The molecule has 1 aromatic carbocycles. The second kappa shape index (κ2) is 8.23. The molecule has 0 spiro atoms. The van der Waals surface area contributed by atoms with E-state index >= 15 is 0 Å². The summed E-state index contributed by atoms with van der Waals surface area (Å²) in [5, 5.41) is 4.32. The molecule has 2 fully saturated rings. The molecule has 2 aliphatic rings. The molecule has 1 aromatic rings. The van der Waals surface area contributed by atoms with Crippen LogP contribution in [0, 0.1) is 5.92 Å². The van der Waals surface area contributed by atoms with Crippen molar-refractivity contribution in [3.63, 3.8) is 0 Å². The Hall–Kier alpha value is -0.480. The number of halogens is 2. The van der Waals surface area contributed by atoms with Gasteiger partial charge in [0, 0.05) is 32.7 Å². The van der Waals surface area contributed by atoms with E-state index in [1.807, 2.05) is 12.1 Å². The van der Waals surface area contributed by atoms with Crippen LogP contribution in [-0.2, 0) is 0 Å². The van der Waals surface area contributed by atoms with E-state index in [1.165, 1.54) is 38.2 Å². The van der Waals surface area contributed by atoms with Crippen LogP contribution < -0.4 is 10.2 Å². The van der Waals surface area contributed by atoms with E-state index in [2.05, 4.69) is 27.2 Å². The Morgan fingerprint density at radius 1 is 1.05 bits per heavy atom. The van der Waals surface area contributed by atoms with Gasteiger partial charge in [-0.15, -0.1) is 12.4 Å². The molecule has 0 saturated carbocycles. The molecular weight excluding hydrogens is 305 g/mol. The zero-order valence-corrected chi connectivity index (χ0v) is 14.0. The van der Waals surface area contributed by atoms with Crippen molar-refractivity contribution in [1.29, 1.82) is 0 Å². The van der Waals surface area contributed by atoms with Crippen molar-refractivity contribution in [2.45, 2.75) is 12.8 Å². The molecule has 2 saturated heterocycles. The molecule has 0 aromatic heterocycles. The van der Waals surface area contributed by atoms with Crippen molar-refractivity contribution in [2.75, 3.05) is 50.7 Å². The monoisotopic (exact) mass is 329 g/mol. The minimum Gasteiger partial charge on any atom is -0.368 e. The number of hydrogen-bond donors (Lipinski definition) is 1. The first kappa shape index (κ1) is 16.9. The molecule has 3 rings (SSSR count). The quantitative estimate of drug-likeness (QED) is 0.919. The van der Waals surface area contributed by atoms with E-state index in [0.717, 1.165) is 37.1 Å². The summed E-state index contributed by atoms with van der Waals surface area (Å²) in [6.07, 6.45) is 2.68. The van der Waals surface area contributed by atoms with Crippen molar-refractivity contribution in [2.24, 2.45) is 5.92 Å². The molecule has 118 valence electrons. The number of anilines is 1. The molecule has 0 radical (unpaired) electrons. The van der Waals surface area contributed by atoms with Gasteiger partial charge in [0.25, 0.3) is 0 Å². The molecule has 0 atom stereocenters. The molecule has 5 heteroatoms. The van der Waals surface area contributed by atoms with Gasteiger partial charge in [-0.2, -0.15) is 0 Å². The lowest BCUT2D eigenvalue weighted by molar-refractivity contribution is 0.196. The van der Waals surface area contributed by atoms with E-state index in [9.17, 15) is 0 Å². The van der Waals surface area contributed by atoms with Gasteiger partial charge in [0.15, 0.2) is 0 Å². The van der Waals surface area contributed by atoms with Gasteiger partial charge in [0.05, 0.1) is 10.7 Å². The molecule has 0 bridgehead atoms. The Balaban J connectivity index is 0.00000161. The number of hydrogen-bond acceptors (Lipinski definition) is 3. The normalized spacial score (nSPS) is 21.1. The van der Waals surface area contributed by atoms with Crippen molar-refractivity contribution >= 4 is 29.7 Å². The molecule has 1 N–H and O–H groups in total. The van der Waals surface area contributed by atoms with Gasteiger partial charge in [-0.05, 0) is 44.0 Å². The highest BCUT2D eigenvalue weighted by molar-refractivity contribution is 6.33. The highest BCUT2D eigenvalue weighted by Crippen LogP contribution is 2.26. The molecule has 3 nitrogen and oxygen atoms in total. The molecule has 0 aliphatic carbocycles. The first-order chi connectivity index (χ1) is 9.83. The lowest BCUT2D eigenvalue weighted by Crippen LogP contribution is -2.48. The summed E-state index contributed by atoms with van der Waals surface area (Å²) < 4.78 is 0. The van der Waals surface area contributed by atoms with E-state index in [0.29, 0.717) is 0 Å². The van der Waals surface area contributed by atoms with Crippen LogP contribution in [0.1, 0.15) is 12.8 Å². The van der Waals surface area contributed by atoms with Crippen molar-refractivity contribution < 1.29 is 0 Å². The van der Waals surface area contributed by atoms with Gasteiger partial charge >= 0.3 is 0 Å². The van der Waals surface area contributed by atoms with Gasteiger partial charge in [-0.1, -0.05) is 23.7 Å². The number of rotatable bonds is 3. The Morgan fingerprint density at radius 3 is 2.38 bits per heavy atom. The van der Waals surface area contributed by atoms with E-state index in [1.54, 1.807) is 0 Å². The number of nitrogens with zero attached hydrogens (tertiary/aromatic N) is 2. The fourth-order valence-corrected chi connectivity index (χ4v) is 3.56. The number of nitrogens with one attached hydrogen (secondary N) is 1. The van der Waals surface area contributed by atoms with Gasteiger partial charge in [-0.25, -0.2) is 0 Å². The third kappa shape index (κ3) is 4.49.